The lowest BCUT2D eigenvalue weighted by Crippen LogP contribution is -2.32. The molecule has 4 heteroatoms. The van der Waals surface area contributed by atoms with E-state index < -0.39 is 6.09 Å². The van der Waals surface area contributed by atoms with Crippen LogP contribution in [0.15, 0.2) is 42.5 Å². The third kappa shape index (κ3) is 2.52. The molecule has 0 N–H and O–H groups in total. The molecule has 1 aromatic rings. The van der Waals surface area contributed by atoms with Crippen LogP contribution in [-0.4, -0.2) is 23.5 Å². The van der Waals surface area contributed by atoms with Gasteiger partial charge in [-0.25, -0.2) is 9.69 Å². The fourth-order valence-corrected chi connectivity index (χ4v) is 2.17. The van der Waals surface area contributed by atoms with E-state index in [0.717, 1.165) is 18.4 Å². The summed E-state index contributed by atoms with van der Waals surface area (Å²) >= 11 is 0. The van der Waals surface area contributed by atoms with Gasteiger partial charge in [0, 0.05) is 0 Å². The normalized spacial score (nSPS) is 22.8. The lowest BCUT2D eigenvalue weighted by atomic mass is 10.1. The van der Waals surface area contributed by atoms with E-state index in [9.17, 15) is 9.59 Å². The van der Waals surface area contributed by atoms with Crippen LogP contribution in [0.1, 0.15) is 24.4 Å². The molecule has 1 atom stereocenters. The Kier molecular flexibility index (Phi) is 3.07. The van der Waals surface area contributed by atoms with Gasteiger partial charge in [0.2, 0.25) is 0 Å². The van der Waals surface area contributed by atoms with Gasteiger partial charge in [0.15, 0.2) is 0 Å². The summed E-state index contributed by atoms with van der Waals surface area (Å²) in [5.74, 6) is 0.223. The third-order valence-electron chi connectivity index (χ3n) is 3.43. The Hall–Kier alpha value is -2.10. The fraction of sp³-hybridized carbons (Fsp3) is 0.333. The maximum Gasteiger partial charge on any atom is 0.417 e. The van der Waals surface area contributed by atoms with E-state index in [1.165, 1.54) is 11.0 Å². The summed E-state index contributed by atoms with van der Waals surface area (Å²) < 4.78 is 5.01. The van der Waals surface area contributed by atoms with E-state index in [1.807, 2.05) is 36.4 Å². The molecule has 1 saturated carbocycles. The average Bonchev–Trinajstić information content (AvgIpc) is 3.19. The second kappa shape index (κ2) is 4.88. The summed E-state index contributed by atoms with van der Waals surface area (Å²) in [5, 5.41) is 0. The molecular formula is C15H15NO3. The molecule has 1 heterocycles. The minimum atomic E-state index is -0.556. The zero-order chi connectivity index (χ0) is 13.2. The molecule has 4 nitrogen and oxygen atoms in total. The van der Waals surface area contributed by atoms with Gasteiger partial charge in [-0.15, -0.1) is 0 Å². The van der Waals surface area contributed by atoms with E-state index in [2.05, 4.69) is 0 Å². The molecule has 0 aromatic heterocycles. The minimum absolute atomic E-state index is 0.228. The van der Waals surface area contributed by atoms with Crippen LogP contribution < -0.4 is 0 Å². The summed E-state index contributed by atoms with van der Waals surface area (Å²) in [4.78, 5) is 25.0. The van der Waals surface area contributed by atoms with Crippen molar-refractivity contribution in [3.8, 4) is 0 Å². The van der Waals surface area contributed by atoms with Crippen LogP contribution in [-0.2, 0) is 9.53 Å². The molecule has 0 radical (unpaired) electrons. The van der Waals surface area contributed by atoms with Gasteiger partial charge in [-0.1, -0.05) is 36.4 Å². The highest BCUT2D eigenvalue weighted by atomic mass is 16.6. The van der Waals surface area contributed by atoms with Crippen LogP contribution in [0.5, 0.6) is 0 Å². The van der Waals surface area contributed by atoms with E-state index in [0.29, 0.717) is 5.92 Å². The Bertz CT molecular complexity index is 519. The van der Waals surface area contributed by atoms with E-state index in [1.54, 1.807) is 0 Å². The smallest absolute Gasteiger partial charge is 0.417 e. The maximum atomic E-state index is 12.1. The molecule has 2 fully saturated rings. The second-order valence-electron chi connectivity index (χ2n) is 4.91. The lowest BCUT2D eigenvalue weighted by molar-refractivity contribution is -0.124. The minimum Gasteiger partial charge on any atom is -0.446 e. The number of allylic oxidation sites excluding steroid dienone is 1. The predicted octanol–water partition coefficient (Wildman–Crippen LogP) is 2.67. The summed E-state index contributed by atoms with van der Waals surface area (Å²) in [6.07, 6.45) is 5.10. The highest BCUT2D eigenvalue weighted by Crippen LogP contribution is 2.31. The van der Waals surface area contributed by atoms with Crippen LogP contribution in [0, 0.1) is 5.92 Å². The first-order valence-electron chi connectivity index (χ1n) is 6.49. The summed E-state index contributed by atoms with van der Waals surface area (Å²) in [6, 6.07) is 9.17. The quantitative estimate of drug-likeness (QED) is 0.782. The highest BCUT2D eigenvalue weighted by Gasteiger charge is 2.37. The first-order chi connectivity index (χ1) is 9.25. The van der Waals surface area contributed by atoms with Crippen molar-refractivity contribution in [1.29, 1.82) is 0 Å². The number of benzene rings is 1. The number of rotatable bonds is 3. The molecule has 1 saturated heterocycles. The van der Waals surface area contributed by atoms with Gasteiger partial charge in [-0.05, 0) is 30.4 Å². The Morgan fingerprint density at radius 3 is 2.68 bits per heavy atom. The third-order valence-corrected chi connectivity index (χ3v) is 3.43. The zero-order valence-electron chi connectivity index (χ0n) is 10.5. The van der Waals surface area contributed by atoms with Crippen LogP contribution in [0.4, 0.5) is 4.79 Å². The van der Waals surface area contributed by atoms with Crippen LogP contribution in [0.3, 0.4) is 0 Å². The van der Waals surface area contributed by atoms with Gasteiger partial charge in [-0.2, -0.15) is 0 Å². The van der Waals surface area contributed by atoms with Crippen molar-refractivity contribution < 1.29 is 14.3 Å². The molecule has 2 amide bonds. The fourth-order valence-electron chi connectivity index (χ4n) is 2.17. The Labute approximate surface area is 111 Å². The first kappa shape index (κ1) is 12.0. The summed E-state index contributed by atoms with van der Waals surface area (Å²) in [5.41, 5.74) is 0.918. The van der Waals surface area contributed by atoms with E-state index in [4.69, 9.17) is 4.74 Å². The number of nitrogens with zero attached hydrogens (tertiary/aromatic N) is 1. The van der Waals surface area contributed by atoms with Gasteiger partial charge in [-0.3, -0.25) is 4.79 Å². The molecule has 1 aliphatic heterocycles. The summed E-state index contributed by atoms with van der Waals surface area (Å²) in [7, 11) is 0. The van der Waals surface area contributed by atoms with Gasteiger partial charge >= 0.3 is 6.09 Å². The Balaban J connectivity index is 1.80. The molecule has 98 valence electrons. The maximum absolute atomic E-state index is 12.1. The van der Waals surface area contributed by atoms with Crippen molar-refractivity contribution in [3.05, 3.63) is 48.0 Å². The summed E-state index contributed by atoms with van der Waals surface area (Å²) in [6.45, 7) is 0.228. The molecule has 0 spiro atoms. The lowest BCUT2D eigenvalue weighted by Gasteiger charge is -2.18. The van der Waals surface area contributed by atoms with Crippen LogP contribution >= 0.6 is 0 Å². The molecule has 0 unspecified atom stereocenters. The number of ether oxygens (including phenoxy) is 1. The number of amides is 2. The van der Waals surface area contributed by atoms with Crippen molar-refractivity contribution in [2.24, 2.45) is 5.92 Å². The number of cyclic esters (lactones) is 1. The van der Waals surface area contributed by atoms with Crippen LogP contribution in [0.2, 0.25) is 0 Å². The molecule has 1 aromatic carbocycles. The van der Waals surface area contributed by atoms with E-state index >= 15 is 0 Å². The van der Waals surface area contributed by atoms with Gasteiger partial charge in [0.05, 0.1) is 0 Å². The molecule has 1 aliphatic carbocycles. The molecular weight excluding hydrogens is 242 g/mol. The number of carbonyl (C=O) groups excluding carboxylic acids is 2. The molecule has 19 heavy (non-hydrogen) atoms. The van der Waals surface area contributed by atoms with Crippen molar-refractivity contribution in [2.45, 2.75) is 18.9 Å². The average molecular weight is 257 g/mol. The molecule has 3 rings (SSSR count). The van der Waals surface area contributed by atoms with Crippen molar-refractivity contribution in [1.82, 2.24) is 4.90 Å². The zero-order valence-corrected chi connectivity index (χ0v) is 10.5. The number of carbonyl (C=O) groups is 2. The topological polar surface area (TPSA) is 46.6 Å². The van der Waals surface area contributed by atoms with Gasteiger partial charge in [0.1, 0.15) is 12.6 Å². The molecule has 2 aliphatic rings. The Morgan fingerprint density at radius 1 is 1.26 bits per heavy atom. The monoisotopic (exact) mass is 257 g/mol. The van der Waals surface area contributed by atoms with Crippen molar-refractivity contribution in [3.63, 3.8) is 0 Å². The largest absolute Gasteiger partial charge is 0.446 e. The predicted molar refractivity (Wildman–Crippen MR) is 69.2 cm³/mol. The number of hydrogen-bond acceptors (Lipinski definition) is 3. The van der Waals surface area contributed by atoms with Crippen LogP contribution in [0.25, 0.3) is 0 Å². The highest BCUT2D eigenvalue weighted by molar-refractivity contribution is 6.00. The van der Waals surface area contributed by atoms with E-state index in [-0.39, 0.29) is 18.6 Å². The Morgan fingerprint density at radius 2 is 2.00 bits per heavy atom. The van der Waals surface area contributed by atoms with Crippen molar-refractivity contribution >= 4 is 12.0 Å². The van der Waals surface area contributed by atoms with Gasteiger partial charge in [0.25, 0.3) is 5.91 Å². The van der Waals surface area contributed by atoms with Gasteiger partial charge < -0.3 is 4.74 Å². The second-order valence-corrected chi connectivity index (χ2v) is 4.91. The van der Waals surface area contributed by atoms with Crippen molar-refractivity contribution in [2.75, 3.05) is 6.61 Å². The number of hydrogen-bond donors (Lipinski definition) is 0. The molecule has 0 bridgehead atoms. The number of imide groups is 1. The first-order valence-corrected chi connectivity index (χ1v) is 6.49. The SMILES string of the molecule is O=C(/C=C/C1CC1)N1C(=O)OC[C@H]1c1ccccc1. The standard InChI is InChI=1S/C15H15NO3/c17-14(9-8-11-6-7-11)16-13(10-19-15(16)18)12-4-2-1-3-5-12/h1-5,8-9,11,13H,6-7,10H2/b9-8+/t13-/m0/s1.